The second-order valence-corrected chi connectivity index (χ2v) is 5.60. The minimum absolute atomic E-state index is 0.185. The lowest BCUT2D eigenvalue weighted by Gasteiger charge is -2.25. The number of hydrogen-bond acceptors (Lipinski definition) is 5. The highest BCUT2D eigenvalue weighted by Crippen LogP contribution is 2.26. The number of anilines is 1. The average molecular weight is 318 g/mol. The Morgan fingerprint density at radius 1 is 1.23 bits per heavy atom. The van der Waals surface area contributed by atoms with Gasteiger partial charge in [0.05, 0.1) is 0 Å². The van der Waals surface area contributed by atoms with E-state index in [0.717, 1.165) is 25.9 Å². The van der Waals surface area contributed by atoms with E-state index in [1.165, 1.54) is 6.42 Å². The lowest BCUT2D eigenvalue weighted by atomic mass is 10.1. The van der Waals surface area contributed by atoms with Crippen molar-refractivity contribution in [2.45, 2.75) is 25.9 Å². The lowest BCUT2D eigenvalue weighted by molar-refractivity contribution is 0.263. The van der Waals surface area contributed by atoms with Gasteiger partial charge in [0.15, 0.2) is 6.61 Å². The molecule has 1 aromatic heterocycles. The molecule has 0 aliphatic carbocycles. The summed E-state index contributed by atoms with van der Waals surface area (Å²) in [5.41, 5.74) is 0.330. The van der Waals surface area contributed by atoms with Crippen LogP contribution in [0.2, 0.25) is 5.02 Å². The molecular formula is C16H16ClN3O2. The predicted molar refractivity (Wildman–Crippen MR) is 83.1 cm³/mol. The zero-order valence-electron chi connectivity index (χ0n) is 12.1. The van der Waals surface area contributed by atoms with E-state index in [-0.39, 0.29) is 6.61 Å². The molecular weight excluding hydrogens is 302 g/mol. The van der Waals surface area contributed by atoms with Crippen LogP contribution in [0.25, 0.3) is 0 Å². The van der Waals surface area contributed by atoms with Crippen molar-refractivity contribution < 1.29 is 9.15 Å². The topological polar surface area (TPSA) is 62.3 Å². The second kappa shape index (κ2) is 6.71. The van der Waals surface area contributed by atoms with Gasteiger partial charge in [-0.2, -0.15) is 10.2 Å². The number of rotatable bonds is 4. The normalized spacial score (nSPS) is 14.6. The van der Waals surface area contributed by atoms with Crippen LogP contribution >= 0.6 is 11.6 Å². The summed E-state index contributed by atoms with van der Waals surface area (Å²) >= 11 is 5.83. The molecule has 2 heterocycles. The van der Waals surface area contributed by atoms with E-state index in [0.29, 0.717) is 28.2 Å². The molecule has 5 nitrogen and oxygen atoms in total. The van der Waals surface area contributed by atoms with Gasteiger partial charge in [-0.1, -0.05) is 11.6 Å². The van der Waals surface area contributed by atoms with Crippen molar-refractivity contribution in [1.29, 1.82) is 5.26 Å². The lowest BCUT2D eigenvalue weighted by Crippen LogP contribution is -2.29. The molecule has 1 aliphatic rings. The first-order chi connectivity index (χ1) is 10.8. The van der Waals surface area contributed by atoms with Gasteiger partial charge in [-0.3, -0.25) is 0 Å². The maximum Gasteiger partial charge on any atom is 0.236 e. The maximum atomic E-state index is 9.22. The van der Waals surface area contributed by atoms with Gasteiger partial charge in [-0.15, -0.1) is 0 Å². The van der Waals surface area contributed by atoms with Crippen LogP contribution in [0.3, 0.4) is 0 Å². The van der Waals surface area contributed by atoms with Crippen LogP contribution in [0, 0.1) is 11.3 Å². The van der Waals surface area contributed by atoms with Crippen molar-refractivity contribution >= 4 is 17.5 Å². The van der Waals surface area contributed by atoms with E-state index in [2.05, 4.69) is 16.0 Å². The van der Waals surface area contributed by atoms with Gasteiger partial charge < -0.3 is 14.1 Å². The zero-order valence-corrected chi connectivity index (χ0v) is 12.8. The fourth-order valence-corrected chi connectivity index (χ4v) is 2.60. The van der Waals surface area contributed by atoms with Crippen LogP contribution < -0.4 is 9.64 Å². The van der Waals surface area contributed by atoms with Crippen LogP contribution in [0.5, 0.6) is 5.75 Å². The minimum Gasteiger partial charge on any atom is -0.484 e. The molecule has 2 aromatic rings. The Morgan fingerprint density at radius 2 is 1.95 bits per heavy atom. The maximum absolute atomic E-state index is 9.22. The molecule has 0 N–H and O–H groups in total. The zero-order chi connectivity index (χ0) is 15.4. The van der Waals surface area contributed by atoms with Crippen molar-refractivity contribution in [1.82, 2.24) is 4.98 Å². The molecule has 0 saturated carbocycles. The van der Waals surface area contributed by atoms with E-state index in [9.17, 15) is 5.26 Å². The smallest absolute Gasteiger partial charge is 0.236 e. The molecule has 6 heteroatoms. The Balaban J connectivity index is 1.70. The molecule has 0 spiro atoms. The average Bonchev–Trinajstić information content (AvgIpc) is 2.98. The largest absolute Gasteiger partial charge is 0.484 e. The van der Waals surface area contributed by atoms with Crippen LogP contribution in [-0.2, 0) is 6.61 Å². The van der Waals surface area contributed by atoms with Gasteiger partial charge >= 0.3 is 0 Å². The van der Waals surface area contributed by atoms with Gasteiger partial charge in [0.1, 0.15) is 11.8 Å². The van der Waals surface area contributed by atoms with Crippen molar-refractivity contribution in [3.8, 4) is 11.8 Å². The monoisotopic (exact) mass is 317 g/mol. The van der Waals surface area contributed by atoms with Crippen LogP contribution in [0.1, 0.15) is 30.8 Å². The number of halogens is 1. The minimum atomic E-state index is 0.185. The van der Waals surface area contributed by atoms with E-state index in [1.54, 1.807) is 24.3 Å². The number of ether oxygens (including phenoxy) is 1. The molecule has 0 radical (unpaired) electrons. The number of oxazole rings is 1. The summed E-state index contributed by atoms with van der Waals surface area (Å²) in [5.74, 6) is 1.66. The molecule has 0 bridgehead atoms. The highest BCUT2D eigenvalue weighted by atomic mass is 35.5. The summed E-state index contributed by atoms with van der Waals surface area (Å²) in [5, 5.41) is 9.88. The Bertz CT molecular complexity index is 670. The summed E-state index contributed by atoms with van der Waals surface area (Å²) < 4.78 is 11.3. The van der Waals surface area contributed by atoms with Gasteiger partial charge in [0, 0.05) is 18.1 Å². The van der Waals surface area contributed by atoms with Crippen molar-refractivity contribution in [2.75, 3.05) is 18.0 Å². The molecule has 22 heavy (non-hydrogen) atoms. The summed E-state index contributed by atoms with van der Waals surface area (Å²) in [7, 11) is 0. The van der Waals surface area contributed by atoms with Gasteiger partial charge in [0.2, 0.25) is 17.5 Å². The number of nitriles is 1. The molecule has 1 saturated heterocycles. The number of nitrogens with zero attached hydrogens (tertiary/aromatic N) is 3. The fraction of sp³-hybridized carbons (Fsp3) is 0.375. The van der Waals surface area contributed by atoms with Gasteiger partial charge in [-0.05, 0) is 43.5 Å². The molecule has 0 unspecified atom stereocenters. The fourth-order valence-electron chi connectivity index (χ4n) is 2.48. The predicted octanol–water partition coefficient (Wildman–Crippen LogP) is 3.77. The number of piperidine rings is 1. The van der Waals surface area contributed by atoms with E-state index in [1.807, 2.05) is 0 Å². The molecule has 0 amide bonds. The number of hydrogen-bond donors (Lipinski definition) is 0. The molecule has 0 atom stereocenters. The Labute approximate surface area is 134 Å². The van der Waals surface area contributed by atoms with Gasteiger partial charge in [-0.25, -0.2) is 0 Å². The Kier molecular flexibility index (Phi) is 4.50. The van der Waals surface area contributed by atoms with Crippen LogP contribution in [0.15, 0.2) is 28.7 Å². The summed E-state index contributed by atoms with van der Waals surface area (Å²) in [6.07, 6.45) is 3.45. The van der Waals surface area contributed by atoms with Crippen LogP contribution in [0.4, 0.5) is 5.88 Å². The third kappa shape index (κ3) is 3.34. The standard InChI is InChI=1S/C16H16ClN3O2/c17-12-4-6-13(7-5-12)21-11-15-19-14(10-18)16(22-15)20-8-2-1-3-9-20/h4-7H,1-3,8-9,11H2. The summed E-state index contributed by atoms with van der Waals surface area (Å²) in [4.78, 5) is 6.30. The Morgan fingerprint density at radius 3 is 2.64 bits per heavy atom. The number of benzene rings is 1. The molecule has 1 fully saturated rings. The third-order valence-electron chi connectivity index (χ3n) is 3.58. The van der Waals surface area contributed by atoms with E-state index >= 15 is 0 Å². The molecule has 114 valence electrons. The number of aromatic nitrogens is 1. The van der Waals surface area contributed by atoms with Crippen molar-refractivity contribution in [3.63, 3.8) is 0 Å². The third-order valence-corrected chi connectivity index (χ3v) is 3.83. The van der Waals surface area contributed by atoms with Gasteiger partial charge in [0.25, 0.3) is 0 Å². The first-order valence-electron chi connectivity index (χ1n) is 7.29. The van der Waals surface area contributed by atoms with Crippen molar-refractivity contribution in [2.24, 2.45) is 0 Å². The van der Waals surface area contributed by atoms with E-state index in [4.69, 9.17) is 20.8 Å². The first-order valence-corrected chi connectivity index (χ1v) is 7.67. The SMILES string of the molecule is N#Cc1nc(COc2ccc(Cl)cc2)oc1N1CCCCC1. The summed E-state index contributed by atoms with van der Waals surface area (Å²) in [6, 6.07) is 9.17. The molecule has 1 aromatic carbocycles. The van der Waals surface area contributed by atoms with Crippen molar-refractivity contribution in [3.05, 3.63) is 40.9 Å². The first kappa shape index (κ1) is 14.7. The van der Waals surface area contributed by atoms with E-state index < -0.39 is 0 Å². The molecule has 1 aliphatic heterocycles. The highest BCUT2D eigenvalue weighted by Gasteiger charge is 2.21. The quantitative estimate of drug-likeness (QED) is 0.859. The molecule has 3 rings (SSSR count). The summed E-state index contributed by atoms with van der Waals surface area (Å²) in [6.45, 7) is 1.99. The van der Waals surface area contributed by atoms with Crippen LogP contribution in [-0.4, -0.2) is 18.1 Å². The second-order valence-electron chi connectivity index (χ2n) is 5.16. The Hall–Kier alpha value is -2.19. The highest BCUT2D eigenvalue weighted by molar-refractivity contribution is 6.30.